The van der Waals surface area contributed by atoms with Crippen LogP contribution in [-0.4, -0.2) is 28.5 Å². The molecule has 0 amide bonds. The Hall–Kier alpha value is -2.01. The van der Waals surface area contributed by atoms with E-state index in [1.165, 1.54) is 0 Å². The van der Waals surface area contributed by atoms with Crippen molar-refractivity contribution >= 4 is 23.2 Å². The average Bonchev–Trinajstić information content (AvgIpc) is 3.04. The summed E-state index contributed by atoms with van der Waals surface area (Å²) in [6.07, 6.45) is 0.677. The van der Waals surface area contributed by atoms with Gasteiger partial charge in [-0.2, -0.15) is 5.10 Å². The molecular formula is C21H24Cl2N2O2. The van der Waals surface area contributed by atoms with E-state index in [4.69, 9.17) is 33.0 Å². The summed E-state index contributed by atoms with van der Waals surface area (Å²) in [5.41, 5.74) is 4.73. The monoisotopic (exact) mass is 406 g/mol. The Morgan fingerprint density at radius 1 is 1.11 bits per heavy atom. The summed E-state index contributed by atoms with van der Waals surface area (Å²) in [4.78, 5) is 0. The average molecular weight is 407 g/mol. The predicted octanol–water partition coefficient (Wildman–Crippen LogP) is 5.68. The van der Waals surface area contributed by atoms with Gasteiger partial charge in [0.15, 0.2) is 0 Å². The van der Waals surface area contributed by atoms with E-state index in [1.807, 2.05) is 57.2 Å². The first kappa shape index (κ1) is 21.3. The van der Waals surface area contributed by atoms with Crippen molar-refractivity contribution in [2.24, 2.45) is 0 Å². The molecule has 2 N–H and O–H groups in total. The van der Waals surface area contributed by atoms with Crippen molar-refractivity contribution in [3.8, 4) is 17.0 Å². The second-order valence-corrected chi connectivity index (χ2v) is 6.46. The Balaban J connectivity index is 0.00000126. The Labute approximate surface area is 170 Å². The molecule has 0 radical (unpaired) electrons. The summed E-state index contributed by atoms with van der Waals surface area (Å²) in [7, 11) is 0. The van der Waals surface area contributed by atoms with Crippen LogP contribution in [0.15, 0.2) is 42.5 Å². The largest absolute Gasteiger partial charge is 0.491 e. The molecule has 0 aliphatic carbocycles. The van der Waals surface area contributed by atoms with Crippen molar-refractivity contribution in [3.05, 3.63) is 69.3 Å². The quantitative estimate of drug-likeness (QED) is 0.553. The zero-order valence-electron chi connectivity index (χ0n) is 15.7. The molecule has 0 saturated carbocycles. The molecule has 0 aliphatic heterocycles. The van der Waals surface area contributed by atoms with Gasteiger partial charge in [0.25, 0.3) is 0 Å². The van der Waals surface area contributed by atoms with Crippen LogP contribution >= 0.6 is 23.2 Å². The second-order valence-electron chi connectivity index (χ2n) is 5.67. The van der Waals surface area contributed by atoms with Gasteiger partial charge >= 0.3 is 0 Å². The SMILES string of the molecule is CC.Cc1[nH]nc(-c2cccc(Cl)c2Cl)c1Cc1cccc(OCCO)c1. The lowest BCUT2D eigenvalue weighted by molar-refractivity contribution is 0.201. The number of aromatic nitrogens is 2. The number of hydrogen-bond acceptors (Lipinski definition) is 3. The Morgan fingerprint density at radius 2 is 1.85 bits per heavy atom. The maximum atomic E-state index is 8.89. The molecule has 144 valence electrons. The Kier molecular flexibility index (Phi) is 8.17. The van der Waals surface area contributed by atoms with Gasteiger partial charge < -0.3 is 9.84 Å². The van der Waals surface area contributed by atoms with E-state index in [9.17, 15) is 0 Å². The van der Waals surface area contributed by atoms with E-state index in [0.29, 0.717) is 16.5 Å². The standard InChI is InChI=1S/C19H18Cl2N2O2.C2H6/c1-12-16(11-13-4-2-5-14(10-13)25-9-8-24)19(23-22-12)15-6-3-7-17(20)18(15)21;1-2/h2-7,10,24H,8-9,11H2,1H3,(H,22,23);1-2H3. The van der Waals surface area contributed by atoms with E-state index in [0.717, 1.165) is 33.8 Å². The van der Waals surface area contributed by atoms with Gasteiger partial charge in [-0.25, -0.2) is 0 Å². The number of ether oxygens (including phenoxy) is 1. The second kappa shape index (κ2) is 10.4. The number of H-pyrrole nitrogens is 1. The molecule has 0 aliphatic rings. The minimum absolute atomic E-state index is 0.0114. The van der Waals surface area contributed by atoms with Crippen LogP contribution in [0.4, 0.5) is 0 Å². The zero-order chi connectivity index (χ0) is 19.8. The van der Waals surface area contributed by atoms with Crippen LogP contribution in [0, 0.1) is 6.92 Å². The van der Waals surface area contributed by atoms with Crippen LogP contribution in [0.5, 0.6) is 5.75 Å². The lowest BCUT2D eigenvalue weighted by Crippen LogP contribution is -2.02. The van der Waals surface area contributed by atoms with Gasteiger partial charge in [-0.05, 0) is 30.7 Å². The van der Waals surface area contributed by atoms with Crippen LogP contribution < -0.4 is 4.74 Å². The molecule has 2 aromatic carbocycles. The fourth-order valence-electron chi connectivity index (χ4n) is 2.69. The summed E-state index contributed by atoms with van der Waals surface area (Å²) < 4.78 is 5.48. The lowest BCUT2D eigenvalue weighted by atomic mass is 9.99. The molecule has 4 nitrogen and oxygen atoms in total. The number of aryl methyl sites for hydroxylation is 1. The molecule has 0 unspecified atom stereocenters. The van der Waals surface area contributed by atoms with Crippen LogP contribution in [0.3, 0.4) is 0 Å². The highest BCUT2D eigenvalue weighted by Crippen LogP contribution is 2.35. The minimum atomic E-state index is -0.0114. The minimum Gasteiger partial charge on any atom is -0.491 e. The van der Waals surface area contributed by atoms with Crippen LogP contribution in [0.25, 0.3) is 11.3 Å². The topological polar surface area (TPSA) is 58.1 Å². The van der Waals surface area contributed by atoms with Crippen molar-refractivity contribution in [1.29, 1.82) is 0 Å². The smallest absolute Gasteiger partial charge is 0.119 e. The molecule has 3 aromatic rings. The van der Waals surface area contributed by atoms with E-state index in [2.05, 4.69) is 10.2 Å². The highest BCUT2D eigenvalue weighted by atomic mass is 35.5. The summed E-state index contributed by atoms with van der Waals surface area (Å²) in [6, 6.07) is 13.3. The molecule has 1 aromatic heterocycles. The van der Waals surface area contributed by atoms with E-state index in [1.54, 1.807) is 6.07 Å². The molecule has 0 atom stereocenters. The number of rotatable bonds is 6. The summed E-state index contributed by atoms with van der Waals surface area (Å²) in [5.74, 6) is 0.732. The Bertz CT molecular complexity index is 878. The van der Waals surface area contributed by atoms with Crippen LogP contribution in [0.2, 0.25) is 10.0 Å². The summed E-state index contributed by atoms with van der Waals surface area (Å²) in [5, 5.41) is 17.4. The van der Waals surface area contributed by atoms with E-state index >= 15 is 0 Å². The first-order valence-electron chi connectivity index (χ1n) is 8.91. The van der Waals surface area contributed by atoms with Gasteiger partial charge in [-0.3, -0.25) is 5.10 Å². The van der Waals surface area contributed by atoms with Gasteiger partial charge in [-0.15, -0.1) is 0 Å². The molecule has 0 fully saturated rings. The van der Waals surface area contributed by atoms with Gasteiger partial charge in [0.05, 0.1) is 22.3 Å². The van der Waals surface area contributed by atoms with Crippen LogP contribution in [-0.2, 0) is 6.42 Å². The normalized spacial score (nSPS) is 10.3. The molecule has 0 spiro atoms. The Morgan fingerprint density at radius 3 is 2.59 bits per heavy atom. The van der Waals surface area contributed by atoms with Crippen molar-refractivity contribution < 1.29 is 9.84 Å². The highest BCUT2D eigenvalue weighted by molar-refractivity contribution is 6.43. The maximum Gasteiger partial charge on any atom is 0.119 e. The maximum absolute atomic E-state index is 8.89. The van der Waals surface area contributed by atoms with Gasteiger partial charge in [0.2, 0.25) is 0 Å². The van der Waals surface area contributed by atoms with Crippen molar-refractivity contribution in [1.82, 2.24) is 10.2 Å². The van der Waals surface area contributed by atoms with Crippen LogP contribution in [0.1, 0.15) is 30.7 Å². The van der Waals surface area contributed by atoms with Crippen molar-refractivity contribution in [2.45, 2.75) is 27.2 Å². The molecule has 6 heteroatoms. The lowest BCUT2D eigenvalue weighted by Gasteiger charge is -2.09. The number of halogens is 2. The number of benzene rings is 2. The zero-order valence-corrected chi connectivity index (χ0v) is 17.2. The number of hydrogen-bond donors (Lipinski definition) is 2. The fourth-order valence-corrected chi connectivity index (χ4v) is 3.08. The molecule has 3 rings (SSSR count). The third kappa shape index (κ3) is 5.25. The fraction of sp³-hybridized carbons (Fsp3) is 0.286. The van der Waals surface area contributed by atoms with Gasteiger partial charge in [-0.1, -0.05) is 61.3 Å². The number of nitrogens with one attached hydrogen (secondary N) is 1. The first-order chi connectivity index (χ1) is 13.1. The molecule has 0 bridgehead atoms. The first-order valence-corrected chi connectivity index (χ1v) is 9.66. The molecular weight excluding hydrogens is 383 g/mol. The molecule has 27 heavy (non-hydrogen) atoms. The van der Waals surface area contributed by atoms with E-state index < -0.39 is 0 Å². The van der Waals surface area contributed by atoms with E-state index in [-0.39, 0.29) is 13.2 Å². The number of aliphatic hydroxyl groups excluding tert-OH is 1. The third-order valence-electron chi connectivity index (χ3n) is 3.92. The summed E-state index contributed by atoms with van der Waals surface area (Å²) >= 11 is 12.5. The van der Waals surface area contributed by atoms with Crippen molar-refractivity contribution in [3.63, 3.8) is 0 Å². The van der Waals surface area contributed by atoms with Gasteiger partial charge in [0.1, 0.15) is 12.4 Å². The molecule has 1 heterocycles. The highest BCUT2D eigenvalue weighted by Gasteiger charge is 2.17. The number of aliphatic hydroxyl groups is 1. The summed E-state index contributed by atoms with van der Waals surface area (Å²) in [6.45, 7) is 6.25. The third-order valence-corrected chi connectivity index (χ3v) is 4.74. The number of aromatic amines is 1. The van der Waals surface area contributed by atoms with Crippen molar-refractivity contribution in [2.75, 3.05) is 13.2 Å². The molecule has 0 saturated heterocycles. The predicted molar refractivity (Wildman–Crippen MR) is 112 cm³/mol. The number of nitrogens with zero attached hydrogens (tertiary/aromatic N) is 1. The van der Waals surface area contributed by atoms with Gasteiger partial charge in [0, 0.05) is 23.2 Å².